The van der Waals surface area contributed by atoms with Gasteiger partial charge in [-0.05, 0) is 25.0 Å². The van der Waals surface area contributed by atoms with E-state index in [-0.39, 0.29) is 18.0 Å². The number of carbonyl (C=O) groups is 1. The number of hydrogen-bond donors (Lipinski definition) is 2. The first-order chi connectivity index (χ1) is 10.7. The monoisotopic (exact) mass is 298 g/mol. The fraction of sp³-hybridized carbons (Fsp3) is 0.312. The standard InChI is InChI=1S/C16H18N4O2/c21-14-10-13(18-16(19-14)20-8-4-5-9-20)11-17-15(22)12-6-2-1-3-7-12/h1-3,6-7,10H,4-5,8-9,11H2,(H,17,22)(H,18,19,21). The second kappa shape index (κ2) is 6.43. The van der Waals surface area contributed by atoms with Gasteiger partial charge >= 0.3 is 0 Å². The second-order valence-electron chi connectivity index (χ2n) is 5.30. The smallest absolute Gasteiger partial charge is 0.252 e. The predicted octanol–water partition coefficient (Wildman–Crippen LogP) is 1.30. The summed E-state index contributed by atoms with van der Waals surface area (Å²) in [7, 11) is 0. The van der Waals surface area contributed by atoms with Crippen molar-refractivity contribution in [1.82, 2.24) is 15.3 Å². The lowest BCUT2D eigenvalue weighted by Gasteiger charge is -2.16. The Morgan fingerprint density at radius 3 is 2.68 bits per heavy atom. The number of benzene rings is 1. The van der Waals surface area contributed by atoms with Crippen LogP contribution in [0.1, 0.15) is 28.9 Å². The summed E-state index contributed by atoms with van der Waals surface area (Å²) in [6.07, 6.45) is 2.22. The third-order valence-electron chi connectivity index (χ3n) is 3.65. The summed E-state index contributed by atoms with van der Waals surface area (Å²) in [5.41, 5.74) is 0.961. The quantitative estimate of drug-likeness (QED) is 0.892. The van der Waals surface area contributed by atoms with Crippen LogP contribution < -0.4 is 15.8 Å². The van der Waals surface area contributed by atoms with Gasteiger partial charge in [-0.1, -0.05) is 18.2 Å². The average molecular weight is 298 g/mol. The molecule has 0 radical (unpaired) electrons. The van der Waals surface area contributed by atoms with Gasteiger partial charge < -0.3 is 10.2 Å². The molecule has 1 aromatic carbocycles. The zero-order valence-corrected chi connectivity index (χ0v) is 12.2. The Labute approximate surface area is 128 Å². The van der Waals surface area contributed by atoms with E-state index < -0.39 is 0 Å². The molecule has 6 nitrogen and oxygen atoms in total. The summed E-state index contributed by atoms with van der Waals surface area (Å²) in [4.78, 5) is 33.0. The molecule has 0 bridgehead atoms. The van der Waals surface area contributed by atoms with Crippen molar-refractivity contribution in [3.05, 3.63) is 58.0 Å². The third kappa shape index (κ3) is 3.33. The second-order valence-corrected chi connectivity index (χ2v) is 5.30. The van der Waals surface area contributed by atoms with E-state index in [4.69, 9.17) is 0 Å². The lowest BCUT2D eigenvalue weighted by molar-refractivity contribution is 0.0950. The lowest BCUT2D eigenvalue weighted by Crippen LogP contribution is -2.27. The maximum atomic E-state index is 12.0. The maximum absolute atomic E-state index is 12.0. The van der Waals surface area contributed by atoms with E-state index in [1.807, 2.05) is 18.2 Å². The summed E-state index contributed by atoms with van der Waals surface area (Å²) >= 11 is 0. The molecule has 6 heteroatoms. The van der Waals surface area contributed by atoms with Gasteiger partial charge in [-0.2, -0.15) is 0 Å². The molecule has 2 aromatic rings. The van der Waals surface area contributed by atoms with Crippen LogP contribution in [0.5, 0.6) is 0 Å². The summed E-state index contributed by atoms with van der Waals surface area (Å²) in [6.45, 7) is 2.05. The number of aromatic nitrogens is 2. The number of hydrogen-bond acceptors (Lipinski definition) is 4. The van der Waals surface area contributed by atoms with Gasteiger partial charge in [-0.15, -0.1) is 0 Å². The highest BCUT2D eigenvalue weighted by Gasteiger charge is 2.15. The van der Waals surface area contributed by atoms with E-state index in [0.29, 0.717) is 17.2 Å². The molecule has 114 valence electrons. The minimum Gasteiger partial charge on any atom is -0.346 e. The number of rotatable bonds is 4. The molecule has 3 rings (SSSR count). The molecule has 0 spiro atoms. The molecule has 0 saturated carbocycles. The van der Waals surface area contributed by atoms with Gasteiger partial charge in [-0.3, -0.25) is 14.6 Å². The number of nitrogens with one attached hydrogen (secondary N) is 2. The molecule has 0 unspecified atom stereocenters. The van der Waals surface area contributed by atoms with Crippen LogP contribution in [0.2, 0.25) is 0 Å². The largest absolute Gasteiger partial charge is 0.346 e. The van der Waals surface area contributed by atoms with Gasteiger partial charge in [0.15, 0.2) is 0 Å². The van der Waals surface area contributed by atoms with Crippen LogP contribution in [-0.2, 0) is 6.54 Å². The summed E-state index contributed by atoms with van der Waals surface area (Å²) in [5.74, 6) is 0.416. The Bertz CT molecular complexity index is 706. The third-order valence-corrected chi connectivity index (χ3v) is 3.65. The molecule has 22 heavy (non-hydrogen) atoms. The average Bonchev–Trinajstić information content (AvgIpc) is 3.07. The van der Waals surface area contributed by atoms with Crippen molar-refractivity contribution in [2.45, 2.75) is 19.4 Å². The van der Waals surface area contributed by atoms with Crippen LogP contribution in [-0.4, -0.2) is 29.0 Å². The number of amides is 1. The first-order valence-corrected chi connectivity index (χ1v) is 7.41. The Balaban J connectivity index is 1.70. The molecule has 1 aliphatic heterocycles. The Morgan fingerprint density at radius 1 is 1.23 bits per heavy atom. The van der Waals surface area contributed by atoms with E-state index in [0.717, 1.165) is 25.9 Å². The zero-order valence-electron chi connectivity index (χ0n) is 12.2. The number of carbonyl (C=O) groups excluding carboxylic acids is 1. The summed E-state index contributed by atoms with van der Waals surface area (Å²) < 4.78 is 0. The Kier molecular flexibility index (Phi) is 4.18. The lowest BCUT2D eigenvalue weighted by atomic mass is 10.2. The van der Waals surface area contributed by atoms with Crippen LogP contribution in [0.4, 0.5) is 5.95 Å². The minimum absolute atomic E-state index is 0.176. The van der Waals surface area contributed by atoms with E-state index >= 15 is 0 Å². The topological polar surface area (TPSA) is 78.1 Å². The molecule has 1 aromatic heterocycles. The van der Waals surface area contributed by atoms with Crippen LogP contribution in [0.15, 0.2) is 41.2 Å². The molecule has 1 saturated heterocycles. The van der Waals surface area contributed by atoms with Gasteiger partial charge in [0.05, 0.1) is 12.2 Å². The van der Waals surface area contributed by atoms with Crippen LogP contribution >= 0.6 is 0 Å². The number of anilines is 1. The van der Waals surface area contributed by atoms with Gasteiger partial charge in [0.25, 0.3) is 11.5 Å². The van der Waals surface area contributed by atoms with Crippen molar-refractivity contribution in [2.24, 2.45) is 0 Å². The first-order valence-electron chi connectivity index (χ1n) is 7.41. The fourth-order valence-electron chi connectivity index (χ4n) is 2.53. The highest BCUT2D eigenvalue weighted by molar-refractivity contribution is 5.94. The molecule has 2 N–H and O–H groups in total. The van der Waals surface area contributed by atoms with Gasteiger partial charge in [0.1, 0.15) is 0 Å². The fourth-order valence-corrected chi connectivity index (χ4v) is 2.53. The van der Waals surface area contributed by atoms with E-state index in [1.54, 1.807) is 12.1 Å². The Morgan fingerprint density at radius 2 is 1.95 bits per heavy atom. The highest BCUT2D eigenvalue weighted by Crippen LogP contribution is 2.14. The van der Waals surface area contributed by atoms with Crippen molar-refractivity contribution in [1.29, 1.82) is 0 Å². The van der Waals surface area contributed by atoms with Gasteiger partial charge in [0.2, 0.25) is 5.95 Å². The van der Waals surface area contributed by atoms with Crippen molar-refractivity contribution in [3.63, 3.8) is 0 Å². The van der Waals surface area contributed by atoms with Crippen LogP contribution in [0.3, 0.4) is 0 Å². The summed E-state index contributed by atoms with van der Waals surface area (Å²) in [5, 5.41) is 2.79. The molecule has 2 heterocycles. The molecular weight excluding hydrogens is 280 g/mol. The molecule has 1 aliphatic rings. The minimum atomic E-state index is -0.194. The first kappa shape index (κ1) is 14.3. The molecular formula is C16H18N4O2. The number of aromatic amines is 1. The SMILES string of the molecule is O=C(NCc1cc(=O)[nH]c(N2CCCC2)n1)c1ccccc1. The van der Waals surface area contributed by atoms with Crippen molar-refractivity contribution in [2.75, 3.05) is 18.0 Å². The van der Waals surface area contributed by atoms with Crippen LogP contribution in [0, 0.1) is 0 Å². The number of nitrogens with zero attached hydrogens (tertiary/aromatic N) is 2. The van der Waals surface area contributed by atoms with Crippen molar-refractivity contribution in [3.8, 4) is 0 Å². The normalized spacial score (nSPS) is 14.1. The predicted molar refractivity (Wildman–Crippen MR) is 83.9 cm³/mol. The molecule has 0 atom stereocenters. The van der Waals surface area contributed by atoms with E-state index in [9.17, 15) is 9.59 Å². The molecule has 0 aliphatic carbocycles. The maximum Gasteiger partial charge on any atom is 0.252 e. The van der Waals surface area contributed by atoms with Crippen molar-refractivity contribution >= 4 is 11.9 Å². The highest BCUT2D eigenvalue weighted by atomic mass is 16.1. The van der Waals surface area contributed by atoms with E-state index in [1.165, 1.54) is 6.07 Å². The van der Waals surface area contributed by atoms with E-state index in [2.05, 4.69) is 20.2 Å². The van der Waals surface area contributed by atoms with Gasteiger partial charge in [-0.25, -0.2) is 4.98 Å². The molecule has 1 amide bonds. The molecule has 1 fully saturated rings. The van der Waals surface area contributed by atoms with Gasteiger partial charge in [0, 0.05) is 24.7 Å². The number of H-pyrrole nitrogens is 1. The summed E-state index contributed by atoms with van der Waals surface area (Å²) in [6, 6.07) is 10.4. The zero-order chi connectivity index (χ0) is 15.4. The van der Waals surface area contributed by atoms with Crippen LogP contribution in [0.25, 0.3) is 0 Å². The van der Waals surface area contributed by atoms with Crippen molar-refractivity contribution < 1.29 is 4.79 Å². The Hall–Kier alpha value is -2.63.